The van der Waals surface area contributed by atoms with Gasteiger partial charge in [-0.05, 0) is 29.8 Å². The van der Waals surface area contributed by atoms with Crippen molar-refractivity contribution in [2.45, 2.75) is 19.7 Å². The van der Waals surface area contributed by atoms with Crippen molar-refractivity contribution in [3.05, 3.63) is 95.3 Å². The normalized spacial score (nSPS) is 11.6. The van der Waals surface area contributed by atoms with Gasteiger partial charge in [-0.3, -0.25) is 4.79 Å². The molecule has 0 bridgehead atoms. The number of nitrogens with one attached hydrogen (secondary N) is 2. The van der Waals surface area contributed by atoms with Crippen LogP contribution in [0.3, 0.4) is 0 Å². The Labute approximate surface area is 182 Å². The molecule has 3 aromatic carbocycles. The van der Waals surface area contributed by atoms with E-state index in [1.807, 2.05) is 55.6 Å². The molecule has 3 aromatic rings. The zero-order valence-corrected chi connectivity index (χ0v) is 17.9. The van der Waals surface area contributed by atoms with Crippen molar-refractivity contribution in [2.75, 3.05) is 20.7 Å². The Balaban J connectivity index is 1.51. The quantitative estimate of drug-likeness (QED) is 0.527. The van der Waals surface area contributed by atoms with Crippen LogP contribution in [0.25, 0.3) is 0 Å². The zero-order chi connectivity index (χ0) is 22.1. The van der Waals surface area contributed by atoms with Crippen LogP contribution in [0.4, 0.5) is 4.39 Å². The third-order valence-corrected chi connectivity index (χ3v) is 4.87. The van der Waals surface area contributed by atoms with E-state index >= 15 is 0 Å². The fraction of sp³-hybridized carbons (Fsp3) is 0.240. The van der Waals surface area contributed by atoms with E-state index in [9.17, 15) is 9.18 Å². The van der Waals surface area contributed by atoms with Crippen LogP contribution in [0.5, 0.6) is 11.5 Å². The number of carbonyl (C=O) groups excluding carboxylic acids is 1. The van der Waals surface area contributed by atoms with Gasteiger partial charge in [0.05, 0.1) is 14.2 Å². The summed E-state index contributed by atoms with van der Waals surface area (Å²) in [5.74, 6) is 0.890. The van der Waals surface area contributed by atoms with Crippen LogP contribution in [0.2, 0.25) is 0 Å². The molecule has 6 heteroatoms. The summed E-state index contributed by atoms with van der Waals surface area (Å²) < 4.78 is 25.0. The summed E-state index contributed by atoms with van der Waals surface area (Å²) >= 11 is 0. The largest absolute Gasteiger partial charge is 0.493 e. The van der Waals surface area contributed by atoms with Gasteiger partial charge in [-0.2, -0.15) is 0 Å². The van der Waals surface area contributed by atoms with E-state index in [2.05, 4.69) is 5.32 Å². The molecule has 5 nitrogen and oxygen atoms in total. The SMILES string of the molecule is COc1cc(C[NH+](C)CC(=O)NCc2ccccc2F)ccc1OCc1ccccc1. The second-order valence-electron chi connectivity index (χ2n) is 7.44. The number of carbonyl (C=O) groups is 1. The molecule has 1 amide bonds. The first-order valence-electron chi connectivity index (χ1n) is 10.2. The van der Waals surface area contributed by atoms with Crippen LogP contribution in [0.1, 0.15) is 16.7 Å². The summed E-state index contributed by atoms with van der Waals surface area (Å²) in [5, 5.41) is 2.78. The number of rotatable bonds is 10. The molecule has 3 rings (SSSR count). The van der Waals surface area contributed by atoms with E-state index in [0.29, 0.717) is 30.2 Å². The molecule has 0 aliphatic carbocycles. The minimum Gasteiger partial charge on any atom is -0.493 e. The molecule has 0 fully saturated rings. The molecule has 0 heterocycles. The van der Waals surface area contributed by atoms with Gasteiger partial charge in [0, 0.05) is 17.7 Å². The third-order valence-electron chi connectivity index (χ3n) is 4.87. The van der Waals surface area contributed by atoms with Gasteiger partial charge in [-0.15, -0.1) is 0 Å². The van der Waals surface area contributed by atoms with Crippen LogP contribution in [0.15, 0.2) is 72.8 Å². The maximum Gasteiger partial charge on any atom is 0.275 e. The molecule has 1 atom stereocenters. The Morgan fingerprint density at radius 1 is 0.968 bits per heavy atom. The molecule has 0 aliphatic heterocycles. The Morgan fingerprint density at radius 3 is 2.45 bits per heavy atom. The molecule has 1 unspecified atom stereocenters. The maximum atomic E-state index is 13.7. The van der Waals surface area contributed by atoms with E-state index in [1.165, 1.54) is 6.07 Å². The van der Waals surface area contributed by atoms with Crippen molar-refractivity contribution >= 4 is 5.91 Å². The minimum atomic E-state index is -0.315. The van der Waals surface area contributed by atoms with Crippen molar-refractivity contribution in [3.63, 3.8) is 0 Å². The van der Waals surface area contributed by atoms with Gasteiger partial charge in [-0.25, -0.2) is 4.39 Å². The fourth-order valence-corrected chi connectivity index (χ4v) is 3.26. The standard InChI is InChI=1S/C25H27FN2O3/c1-28(17-25(29)27-15-21-10-6-7-11-22(21)26)16-20-12-13-23(24(14-20)30-2)31-18-19-8-4-3-5-9-19/h3-14H,15-18H2,1-2H3,(H,27,29)/p+1. The molecule has 0 saturated carbocycles. The van der Waals surface area contributed by atoms with Gasteiger partial charge in [0.1, 0.15) is 19.0 Å². The fourth-order valence-electron chi connectivity index (χ4n) is 3.26. The summed E-state index contributed by atoms with van der Waals surface area (Å²) in [5.41, 5.74) is 2.59. The predicted octanol–water partition coefficient (Wildman–Crippen LogP) is 2.74. The highest BCUT2D eigenvalue weighted by Gasteiger charge is 2.13. The van der Waals surface area contributed by atoms with E-state index in [1.54, 1.807) is 25.3 Å². The smallest absolute Gasteiger partial charge is 0.275 e. The average molecular weight is 424 g/mol. The van der Waals surface area contributed by atoms with Crippen LogP contribution in [-0.4, -0.2) is 26.6 Å². The van der Waals surface area contributed by atoms with E-state index in [4.69, 9.17) is 9.47 Å². The van der Waals surface area contributed by atoms with Gasteiger partial charge >= 0.3 is 0 Å². The number of likely N-dealkylation sites (N-methyl/N-ethyl adjacent to an activating group) is 1. The molecule has 0 saturated heterocycles. The summed E-state index contributed by atoms with van der Waals surface area (Å²) in [6.45, 7) is 1.56. The lowest BCUT2D eigenvalue weighted by Gasteiger charge is -2.16. The average Bonchev–Trinajstić information content (AvgIpc) is 2.78. The lowest BCUT2D eigenvalue weighted by molar-refractivity contribution is -0.885. The Morgan fingerprint density at radius 2 is 1.71 bits per heavy atom. The number of benzene rings is 3. The van der Waals surface area contributed by atoms with Crippen molar-refractivity contribution < 1.29 is 23.6 Å². The number of hydrogen-bond acceptors (Lipinski definition) is 3. The maximum absolute atomic E-state index is 13.7. The second kappa shape index (κ2) is 11.1. The lowest BCUT2D eigenvalue weighted by atomic mass is 10.2. The monoisotopic (exact) mass is 423 g/mol. The number of hydrogen-bond donors (Lipinski definition) is 2. The highest BCUT2D eigenvalue weighted by atomic mass is 19.1. The highest BCUT2D eigenvalue weighted by molar-refractivity contribution is 5.76. The van der Waals surface area contributed by atoms with E-state index < -0.39 is 0 Å². The van der Waals surface area contributed by atoms with Crippen LogP contribution in [0, 0.1) is 5.82 Å². The van der Waals surface area contributed by atoms with Gasteiger partial charge in [0.25, 0.3) is 5.91 Å². The minimum absolute atomic E-state index is 0.129. The first-order valence-corrected chi connectivity index (χ1v) is 10.2. The zero-order valence-electron chi connectivity index (χ0n) is 17.9. The summed E-state index contributed by atoms with van der Waals surface area (Å²) in [6.07, 6.45) is 0. The Kier molecular flexibility index (Phi) is 8.01. The highest BCUT2D eigenvalue weighted by Crippen LogP contribution is 2.28. The molecular weight excluding hydrogens is 395 g/mol. The van der Waals surface area contributed by atoms with E-state index in [-0.39, 0.29) is 24.8 Å². The predicted molar refractivity (Wildman–Crippen MR) is 117 cm³/mol. The number of ether oxygens (including phenoxy) is 2. The van der Waals surface area contributed by atoms with Crippen LogP contribution >= 0.6 is 0 Å². The third kappa shape index (κ3) is 6.83. The topological polar surface area (TPSA) is 52.0 Å². The Hall–Kier alpha value is -3.38. The Bertz CT molecular complexity index is 995. The lowest BCUT2D eigenvalue weighted by Crippen LogP contribution is -3.08. The molecule has 162 valence electrons. The van der Waals surface area contributed by atoms with Gasteiger partial charge < -0.3 is 19.7 Å². The first-order chi connectivity index (χ1) is 15.0. The molecule has 2 N–H and O–H groups in total. The summed E-state index contributed by atoms with van der Waals surface area (Å²) in [4.78, 5) is 13.2. The van der Waals surface area contributed by atoms with Crippen molar-refractivity contribution in [1.29, 1.82) is 0 Å². The van der Waals surface area contributed by atoms with Crippen molar-refractivity contribution in [3.8, 4) is 11.5 Å². The molecule has 31 heavy (non-hydrogen) atoms. The molecule has 0 spiro atoms. The number of methoxy groups -OCH3 is 1. The van der Waals surface area contributed by atoms with Gasteiger partial charge in [0.15, 0.2) is 18.0 Å². The van der Waals surface area contributed by atoms with Crippen LogP contribution in [-0.2, 0) is 24.5 Å². The number of quaternary nitrogens is 1. The van der Waals surface area contributed by atoms with Gasteiger partial charge in [0.2, 0.25) is 0 Å². The number of halogens is 1. The van der Waals surface area contributed by atoms with Crippen LogP contribution < -0.4 is 19.7 Å². The molecule has 0 aromatic heterocycles. The molecule has 0 radical (unpaired) electrons. The summed E-state index contributed by atoms with van der Waals surface area (Å²) in [7, 11) is 3.55. The van der Waals surface area contributed by atoms with Gasteiger partial charge in [-0.1, -0.05) is 48.5 Å². The number of amides is 1. The first kappa shape index (κ1) is 22.3. The second-order valence-corrected chi connectivity index (χ2v) is 7.44. The summed E-state index contributed by atoms with van der Waals surface area (Å²) in [6, 6.07) is 22.2. The molecular formula is C25H28FN2O3+. The van der Waals surface area contributed by atoms with Crippen molar-refractivity contribution in [1.82, 2.24) is 5.32 Å². The van der Waals surface area contributed by atoms with E-state index in [0.717, 1.165) is 16.0 Å². The van der Waals surface area contributed by atoms with Crippen molar-refractivity contribution in [2.24, 2.45) is 0 Å². The molecule has 0 aliphatic rings.